The minimum absolute atomic E-state index is 0.0141. The lowest BCUT2D eigenvalue weighted by Gasteiger charge is -2.13. The summed E-state index contributed by atoms with van der Waals surface area (Å²) in [7, 11) is 1.52. The highest BCUT2D eigenvalue weighted by Crippen LogP contribution is 2.41. The maximum Gasteiger partial charge on any atom is 0.309 e. The lowest BCUT2D eigenvalue weighted by atomic mass is 10.1. The summed E-state index contributed by atoms with van der Waals surface area (Å²) >= 11 is 1.45. The predicted molar refractivity (Wildman–Crippen MR) is 99.9 cm³/mol. The van der Waals surface area contributed by atoms with Crippen LogP contribution in [-0.2, 0) is 4.79 Å². The van der Waals surface area contributed by atoms with E-state index in [4.69, 9.17) is 14.6 Å². The van der Waals surface area contributed by atoms with Crippen molar-refractivity contribution < 1.29 is 24.2 Å². The number of hydrogen-bond acceptors (Lipinski definition) is 5. The molecule has 1 N–H and O–H groups in total. The lowest BCUT2D eigenvalue weighted by molar-refractivity contribution is -0.142. The van der Waals surface area contributed by atoms with Crippen LogP contribution in [-0.4, -0.2) is 30.6 Å². The molecule has 0 saturated carbocycles. The minimum atomic E-state index is -0.915. The normalized spacial score (nSPS) is 15.6. The van der Waals surface area contributed by atoms with E-state index >= 15 is 0 Å². The molecule has 3 rings (SSSR count). The van der Waals surface area contributed by atoms with Crippen molar-refractivity contribution in [2.75, 3.05) is 13.7 Å². The van der Waals surface area contributed by atoms with Gasteiger partial charge in [0.15, 0.2) is 11.5 Å². The fraction of sp³-hybridized carbons (Fsp3) is 0.200. The van der Waals surface area contributed by atoms with Gasteiger partial charge in [0, 0.05) is 10.5 Å². The van der Waals surface area contributed by atoms with Gasteiger partial charge in [-0.3, -0.25) is 9.59 Å². The van der Waals surface area contributed by atoms with Gasteiger partial charge < -0.3 is 14.6 Å². The highest BCUT2D eigenvalue weighted by molar-refractivity contribution is 8.04. The highest BCUT2D eigenvalue weighted by atomic mass is 32.2. The van der Waals surface area contributed by atoms with E-state index in [1.165, 1.54) is 18.9 Å². The quantitative estimate of drug-likeness (QED) is 0.771. The van der Waals surface area contributed by atoms with E-state index in [-0.39, 0.29) is 12.4 Å². The Morgan fingerprint density at radius 3 is 2.69 bits per heavy atom. The van der Waals surface area contributed by atoms with Crippen molar-refractivity contribution in [3.05, 3.63) is 58.5 Å². The van der Waals surface area contributed by atoms with E-state index in [2.05, 4.69) is 0 Å². The van der Waals surface area contributed by atoms with Gasteiger partial charge in [-0.15, -0.1) is 0 Å². The number of aliphatic carboxylic acids is 1. The van der Waals surface area contributed by atoms with Gasteiger partial charge in [0.2, 0.25) is 5.78 Å². The number of hydrogen-bond donors (Lipinski definition) is 1. The van der Waals surface area contributed by atoms with Crippen LogP contribution in [0.4, 0.5) is 0 Å². The molecule has 0 aromatic heterocycles. The zero-order valence-electron chi connectivity index (χ0n) is 14.4. The molecule has 1 heterocycles. The Kier molecular flexibility index (Phi) is 5.32. The fourth-order valence-corrected chi connectivity index (χ4v) is 3.52. The van der Waals surface area contributed by atoms with E-state index < -0.39 is 11.9 Å². The van der Waals surface area contributed by atoms with Crippen LogP contribution in [0.5, 0.6) is 11.5 Å². The number of thioether (sulfide) groups is 1. The molecule has 0 unspecified atom stereocenters. The van der Waals surface area contributed by atoms with Gasteiger partial charge in [-0.2, -0.15) is 0 Å². The van der Waals surface area contributed by atoms with Gasteiger partial charge in [0.1, 0.15) is 6.61 Å². The minimum Gasteiger partial charge on any atom is -0.493 e. The van der Waals surface area contributed by atoms with Crippen molar-refractivity contribution in [2.45, 2.75) is 11.8 Å². The largest absolute Gasteiger partial charge is 0.493 e. The summed E-state index contributed by atoms with van der Waals surface area (Å²) in [6.45, 7) is 1.63. The summed E-state index contributed by atoms with van der Waals surface area (Å²) < 4.78 is 10.9. The van der Waals surface area contributed by atoms with E-state index in [0.29, 0.717) is 16.4 Å². The molecule has 1 aliphatic heterocycles. The van der Waals surface area contributed by atoms with Crippen molar-refractivity contribution in [1.82, 2.24) is 0 Å². The Morgan fingerprint density at radius 2 is 2.00 bits per heavy atom. The molecule has 0 fully saturated rings. The van der Waals surface area contributed by atoms with Gasteiger partial charge in [-0.25, -0.2) is 0 Å². The Balaban J connectivity index is 1.80. The summed E-state index contributed by atoms with van der Waals surface area (Å²) in [5, 5.41) is 8.94. The number of benzene rings is 2. The highest BCUT2D eigenvalue weighted by Gasteiger charge is 2.25. The van der Waals surface area contributed by atoms with Crippen molar-refractivity contribution >= 4 is 29.6 Å². The first-order valence-electron chi connectivity index (χ1n) is 8.06. The molecule has 0 amide bonds. The van der Waals surface area contributed by atoms with Crippen molar-refractivity contribution in [1.29, 1.82) is 0 Å². The topological polar surface area (TPSA) is 72.8 Å². The second kappa shape index (κ2) is 7.66. The van der Waals surface area contributed by atoms with Crippen LogP contribution in [0.15, 0.2) is 52.3 Å². The first-order valence-corrected chi connectivity index (χ1v) is 8.88. The lowest BCUT2D eigenvalue weighted by Crippen LogP contribution is -2.18. The molecular formula is C20H18O5S. The first kappa shape index (κ1) is 18.1. The molecule has 26 heavy (non-hydrogen) atoms. The monoisotopic (exact) mass is 370 g/mol. The number of fused-ring (bicyclic) bond motifs is 1. The number of ketones is 1. The van der Waals surface area contributed by atoms with Gasteiger partial charge >= 0.3 is 5.97 Å². The van der Waals surface area contributed by atoms with Crippen molar-refractivity contribution in [3.8, 4) is 11.5 Å². The van der Waals surface area contributed by atoms with Gasteiger partial charge in [-0.05, 0) is 42.8 Å². The SMILES string of the molecule is COc1cc(/C=C2\Sc3ccccc3C2=O)ccc1OC[C@H](C)C(=O)O. The van der Waals surface area contributed by atoms with E-state index in [1.807, 2.05) is 36.4 Å². The molecule has 0 radical (unpaired) electrons. The van der Waals surface area contributed by atoms with Crippen molar-refractivity contribution in [2.24, 2.45) is 5.92 Å². The summed E-state index contributed by atoms with van der Waals surface area (Å²) in [5.74, 6) is -0.560. The zero-order valence-corrected chi connectivity index (χ0v) is 15.2. The van der Waals surface area contributed by atoms with Crippen LogP contribution in [0.2, 0.25) is 0 Å². The Bertz CT molecular complexity index is 888. The molecule has 134 valence electrons. The molecule has 2 aromatic carbocycles. The van der Waals surface area contributed by atoms with Crippen LogP contribution in [0.3, 0.4) is 0 Å². The van der Waals surface area contributed by atoms with Gasteiger partial charge in [0.05, 0.1) is 17.9 Å². The van der Waals surface area contributed by atoms with Gasteiger partial charge in [-0.1, -0.05) is 30.0 Å². The molecule has 1 aliphatic rings. The fourth-order valence-electron chi connectivity index (χ4n) is 2.47. The summed E-state index contributed by atoms with van der Waals surface area (Å²) in [4.78, 5) is 25.0. The Labute approximate surface area is 155 Å². The second-order valence-corrected chi connectivity index (χ2v) is 6.98. The smallest absolute Gasteiger partial charge is 0.309 e. The third-order valence-corrected chi connectivity index (χ3v) is 5.07. The standard InChI is InChI=1S/C20H18O5S/c1-12(20(22)23)11-25-15-8-7-13(9-16(15)24-2)10-18-19(21)14-5-3-4-6-17(14)26-18/h3-10,12H,11H2,1-2H3,(H,22,23)/b18-10-/t12-/m0/s1. The number of carboxylic acid groups (broad SMARTS) is 1. The molecule has 0 aliphatic carbocycles. The zero-order chi connectivity index (χ0) is 18.7. The van der Waals surface area contributed by atoms with E-state index in [9.17, 15) is 9.59 Å². The second-order valence-electron chi connectivity index (χ2n) is 5.90. The predicted octanol–water partition coefficient (Wildman–Crippen LogP) is 4.12. The molecule has 5 nitrogen and oxygen atoms in total. The Hall–Kier alpha value is -2.73. The Morgan fingerprint density at radius 1 is 1.23 bits per heavy atom. The maximum absolute atomic E-state index is 12.5. The summed E-state index contributed by atoms with van der Waals surface area (Å²) in [6.07, 6.45) is 1.82. The molecule has 2 aromatic rings. The van der Waals surface area contributed by atoms with Crippen LogP contribution >= 0.6 is 11.8 Å². The van der Waals surface area contributed by atoms with Crippen LogP contribution in [0.25, 0.3) is 6.08 Å². The molecule has 0 spiro atoms. The molecule has 0 bridgehead atoms. The third kappa shape index (κ3) is 3.75. The van der Waals surface area contributed by atoms with Gasteiger partial charge in [0.25, 0.3) is 0 Å². The van der Waals surface area contributed by atoms with E-state index in [1.54, 1.807) is 19.1 Å². The van der Waals surface area contributed by atoms with E-state index in [0.717, 1.165) is 16.0 Å². The van der Waals surface area contributed by atoms with Crippen LogP contribution < -0.4 is 9.47 Å². The number of carboxylic acids is 1. The maximum atomic E-state index is 12.5. The summed E-state index contributed by atoms with van der Waals surface area (Å²) in [5.41, 5.74) is 1.53. The van der Waals surface area contributed by atoms with Crippen LogP contribution in [0, 0.1) is 5.92 Å². The number of Topliss-reactive ketones (excluding diaryl/α,β-unsaturated/α-hetero) is 1. The van der Waals surface area contributed by atoms with Crippen LogP contribution in [0.1, 0.15) is 22.8 Å². The average Bonchev–Trinajstić information content (AvgIpc) is 2.96. The van der Waals surface area contributed by atoms with Crippen molar-refractivity contribution in [3.63, 3.8) is 0 Å². The third-order valence-electron chi connectivity index (χ3n) is 3.97. The number of carbonyl (C=O) groups excluding carboxylic acids is 1. The number of ether oxygens (including phenoxy) is 2. The number of methoxy groups -OCH3 is 1. The number of rotatable bonds is 6. The molecule has 1 atom stereocenters. The average molecular weight is 370 g/mol. The number of allylic oxidation sites excluding steroid dienone is 1. The molecule has 6 heteroatoms. The first-order chi connectivity index (χ1) is 12.5. The summed E-state index contributed by atoms with van der Waals surface area (Å²) in [6, 6.07) is 12.8. The molecular weight excluding hydrogens is 352 g/mol. The molecule has 0 saturated heterocycles. The number of carbonyl (C=O) groups is 2.